The minimum absolute atomic E-state index is 0.400. The van der Waals surface area contributed by atoms with E-state index in [0.717, 1.165) is 24.2 Å². The van der Waals surface area contributed by atoms with Gasteiger partial charge in [-0.1, -0.05) is 37.3 Å². The van der Waals surface area contributed by atoms with Crippen molar-refractivity contribution >= 4 is 5.71 Å². The quantitative estimate of drug-likeness (QED) is 0.718. The zero-order valence-corrected chi connectivity index (χ0v) is 16.8. The summed E-state index contributed by atoms with van der Waals surface area (Å²) >= 11 is 0. The molecule has 0 spiro atoms. The first-order chi connectivity index (χ1) is 13.7. The Morgan fingerprint density at radius 2 is 2.07 bits per heavy atom. The lowest BCUT2D eigenvalue weighted by Gasteiger charge is -2.18. The molecule has 0 saturated carbocycles. The molecule has 2 aromatic rings. The van der Waals surface area contributed by atoms with E-state index in [1.807, 2.05) is 43.3 Å². The molecule has 146 valence electrons. The van der Waals surface area contributed by atoms with E-state index in [0.29, 0.717) is 12.5 Å². The van der Waals surface area contributed by atoms with Gasteiger partial charge in [0.15, 0.2) is 0 Å². The van der Waals surface area contributed by atoms with Gasteiger partial charge in [0, 0.05) is 37.2 Å². The Balaban J connectivity index is 1.68. The first-order valence-corrected chi connectivity index (χ1v) is 9.70. The third-order valence-electron chi connectivity index (χ3n) is 4.64. The number of aryl methyl sites for hydroxylation is 1. The number of aliphatic imine (C=N–C) groups is 1. The summed E-state index contributed by atoms with van der Waals surface area (Å²) in [6.07, 6.45) is 14.6. The van der Waals surface area contributed by atoms with E-state index in [2.05, 4.69) is 58.7 Å². The Bertz CT molecular complexity index is 888. The molecule has 0 fully saturated rings. The van der Waals surface area contributed by atoms with E-state index in [4.69, 9.17) is 4.74 Å². The average molecular weight is 377 g/mol. The summed E-state index contributed by atoms with van der Waals surface area (Å²) in [7, 11) is 1.93. The van der Waals surface area contributed by atoms with Crippen molar-refractivity contribution < 1.29 is 4.74 Å². The zero-order valence-electron chi connectivity index (χ0n) is 16.8. The molecular formula is C23H28N4O. The number of nitrogens with one attached hydrogen (secondary N) is 1. The summed E-state index contributed by atoms with van der Waals surface area (Å²) in [5.74, 6) is 0.400. The number of ether oxygens (including phenoxy) is 1. The Morgan fingerprint density at radius 3 is 2.79 bits per heavy atom. The molecule has 1 aromatic heterocycles. The van der Waals surface area contributed by atoms with E-state index >= 15 is 0 Å². The third-order valence-corrected chi connectivity index (χ3v) is 4.64. The van der Waals surface area contributed by atoms with Crippen molar-refractivity contribution in [1.82, 2.24) is 15.1 Å². The van der Waals surface area contributed by atoms with Crippen LogP contribution in [0.5, 0.6) is 0 Å². The predicted molar refractivity (Wildman–Crippen MR) is 115 cm³/mol. The van der Waals surface area contributed by atoms with Gasteiger partial charge in [0.2, 0.25) is 0 Å². The van der Waals surface area contributed by atoms with Gasteiger partial charge in [-0.25, -0.2) is 0 Å². The summed E-state index contributed by atoms with van der Waals surface area (Å²) in [6, 6.07) is 8.61. The fourth-order valence-corrected chi connectivity index (χ4v) is 2.99. The first kappa shape index (κ1) is 19.7. The number of nitrogens with zero attached hydrogens (tertiary/aromatic N) is 3. The van der Waals surface area contributed by atoms with Crippen molar-refractivity contribution in [1.29, 1.82) is 0 Å². The van der Waals surface area contributed by atoms with Gasteiger partial charge in [0.05, 0.1) is 24.8 Å². The van der Waals surface area contributed by atoms with Crippen molar-refractivity contribution in [2.45, 2.75) is 26.8 Å². The van der Waals surface area contributed by atoms with Gasteiger partial charge in [0.25, 0.3) is 0 Å². The van der Waals surface area contributed by atoms with Crippen LogP contribution in [0.4, 0.5) is 0 Å². The number of hydrogen-bond donors (Lipinski definition) is 1. The molecule has 1 aromatic carbocycles. The van der Waals surface area contributed by atoms with Crippen LogP contribution in [0.2, 0.25) is 0 Å². The molecule has 0 radical (unpaired) electrons. The fourth-order valence-electron chi connectivity index (χ4n) is 2.99. The number of hydrogen-bond acceptors (Lipinski definition) is 4. The molecule has 1 aliphatic heterocycles. The molecule has 5 heteroatoms. The van der Waals surface area contributed by atoms with Gasteiger partial charge >= 0.3 is 0 Å². The molecule has 2 heterocycles. The second-order valence-electron chi connectivity index (χ2n) is 6.89. The minimum Gasteiger partial charge on any atom is -0.501 e. The number of rotatable bonds is 7. The van der Waals surface area contributed by atoms with Gasteiger partial charge < -0.3 is 10.1 Å². The van der Waals surface area contributed by atoms with Crippen molar-refractivity contribution in [2.75, 3.05) is 6.61 Å². The van der Waals surface area contributed by atoms with Crippen LogP contribution in [0, 0.1) is 5.92 Å². The summed E-state index contributed by atoms with van der Waals surface area (Å²) in [6.45, 7) is 5.62. The Morgan fingerprint density at radius 1 is 1.25 bits per heavy atom. The van der Waals surface area contributed by atoms with Crippen LogP contribution < -0.4 is 5.32 Å². The molecule has 0 bridgehead atoms. The van der Waals surface area contributed by atoms with Crippen LogP contribution in [-0.2, 0) is 18.3 Å². The van der Waals surface area contributed by atoms with Crippen molar-refractivity contribution in [3.63, 3.8) is 0 Å². The molecule has 0 amide bonds. The van der Waals surface area contributed by atoms with Crippen LogP contribution in [0.3, 0.4) is 0 Å². The topological polar surface area (TPSA) is 51.4 Å². The maximum atomic E-state index is 5.31. The molecule has 1 unspecified atom stereocenters. The summed E-state index contributed by atoms with van der Waals surface area (Å²) in [5.41, 5.74) is 5.61. The highest BCUT2D eigenvalue weighted by Crippen LogP contribution is 2.20. The van der Waals surface area contributed by atoms with E-state index in [1.54, 1.807) is 6.26 Å². The highest BCUT2D eigenvalue weighted by molar-refractivity contribution is 6.04. The molecule has 5 nitrogen and oxygen atoms in total. The van der Waals surface area contributed by atoms with Crippen molar-refractivity contribution in [3.8, 4) is 11.1 Å². The standard InChI is InChI=1S/C23H28N4O/c1-4-28-13-11-22-14-23(18(2)6-5-12-24-22)25-15-19-7-9-20(10-8-19)21-16-26-27(3)17-21/h5,7-14,16-18,25H,4,6,15H2,1-3H3/b12-5+,13-11+,23-14?,24-22-. The number of aromatic nitrogens is 2. The van der Waals surface area contributed by atoms with Crippen LogP contribution >= 0.6 is 0 Å². The Labute approximate surface area is 167 Å². The Hall–Kier alpha value is -3.08. The van der Waals surface area contributed by atoms with E-state index in [9.17, 15) is 0 Å². The van der Waals surface area contributed by atoms with Crippen molar-refractivity contribution in [3.05, 3.63) is 78.6 Å². The SMILES string of the molecule is CCO/C=C/C1=N/C=C/CC(C)C(NCc2ccc(-c3cnn(C)c3)cc2)=C1. The van der Waals surface area contributed by atoms with Gasteiger partial charge in [-0.2, -0.15) is 5.10 Å². The van der Waals surface area contributed by atoms with Crippen molar-refractivity contribution in [2.24, 2.45) is 18.0 Å². The van der Waals surface area contributed by atoms with Gasteiger partial charge in [0.1, 0.15) is 0 Å². The maximum Gasteiger partial charge on any atom is 0.0850 e. The lowest BCUT2D eigenvalue weighted by Crippen LogP contribution is -2.20. The first-order valence-electron chi connectivity index (χ1n) is 9.70. The molecule has 1 aliphatic rings. The van der Waals surface area contributed by atoms with Gasteiger partial charge in [-0.15, -0.1) is 0 Å². The van der Waals surface area contributed by atoms with E-state index < -0.39 is 0 Å². The Kier molecular flexibility index (Phi) is 6.84. The third kappa shape index (κ3) is 5.46. The monoisotopic (exact) mass is 376 g/mol. The minimum atomic E-state index is 0.400. The van der Waals surface area contributed by atoms with Crippen LogP contribution in [0.25, 0.3) is 11.1 Å². The molecule has 1 N–H and O–H groups in total. The average Bonchev–Trinajstić information content (AvgIpc) is 3.13. The zero-order chi connectivity index (χ0) is 19.8. The summed E-state index contributed by atoms with van der Waals surface area (Å²) in [4.78, 5) is 4.49. The smallest absolute Gasteiger partial charge is 0.0850 e. The van der Waals surface area contributed by atoms with Gasteiger partial charge in [-0.05, 0) is 42.5 Å². The maximum absolute atomic E-state index is 5.31. The largest absolute Gasteiger partial charge is 0.501 e. The highest BCUT2D eigenvalue weighted by atomic mass is 16.5. The predicted octanol–water partition coefficient (Wildman–Crippen LogP) is 4.61. The molecule has 1 atom stereocenters. The molecule has 0 saturated heterocycles. The summed E-state index contributed by atoms with van der Waals surface area (Å²) < 4.78 is 7.13. The number of allylic oxidation sites excluding steroid dienone is 4. The second kappa shape index (κ2) is 9.74. The molecular weight excluding hydrogens is 348 g/mol. The summed E-state index contributed by atoms with van der Waals surface area (Å²) in [5, 5.41) is 7.83. The lowest BCUT2D eigenvalue weighted by atomic mass is 10.0. The van der Waals surface area contributed by atoms with Crippen LogP contribution in [-0.4, -0.2) is 22.1 Å². The highest BCUT2D eigenvalue weighted by Gasteiger charge is 2.10. The molecule has 0 aliphatic carbocycles. The fraction of sp³-hybridized carbons (Fsp3) is 0.304. The second-order valence-corrected chi connectivity index (χ2v) is 6.89. The van der Waals surface area contributed by atoms with Gasteiger partial charge in [-0.3, -0.25) is 9.67 Å². The van der Waals surface area contributed by atoms with E-state index in [-0.39, 0.29) is 0 Å². The van der Waals surface area contributed by atoms with E-state index in [1.165, 1.54) is 16.8 Å². The van der Waals surface area contributed by atoms with Crippen LogP contribution in [0.15, 0.2) is 78.0 Å². The normalized spacial score (nSPS) is 20.0. The number of benzene rings is 1. The lowest BCUT2D eigenvalue weighted by molar-refractivity contribution is 0.270. The van der Waals surface area contributed by atoms with Crippen LogP contribution in [0.1, 0.15) is 25.8 Å². The molecule has 28 heavy (non-hydrogen) atoms. The molecule has 3 rings (SSSR count).